The highest BCUT2D eigenvalue weighted by atomic mass is 16.2. The number of nitrogens with two attached hydrogens (primary N) is 1. The van der Waals surface area contributed by atoms with Crippen LogP contribution in [0.4, 0.5) is 0 Å². The lowest BCUT2D eigenvalue weighted by Gasteiger charge is -2.29. The molecule has 5 N–H and O–H groups in total. The molecule has 4 amide bonds. The standard InChI is InChI=1S/C26H47N5O4/c1-8-10-20(23(27)32)29-25(34)22(17(4)5)30-24(33)21-11-9-14-31(21)26(35)18(6)12-13-19(28-7)15-16(2)3/h12-13,16-22,28H,8-11,14-15H2,1-7H3,(H2,27,32)(H,29,34)(H,30,33)/b13-12+/t18-,19+,20-,21?,22-/m0/s1. The van der Waals surface area contributed by atoms with Crippen LogP contribution < -0.4 is 21.7 Å². The molecule has 35 heavy (non-hydrogen) atoms. The van der Waals surface area contributed by atoms with Gasteiger partial charge in [-0.15, -0.1) is 0 Å². The fourth-order valence-electron chi connectivity index (χ4n) is 4.37. The summed E-state index contributed by atoms with van der Waals surface area (Å²) in [7, 11) is 1.90. The summed E-state index contributed by atoms with van der Waals surface area (Å²) in [5.41, 5.74) is 5.41. The molecule has 1 heterocycles. The Hall–Kier alpha value is -2.42. The summed E-state index contributed by atoms with van der Waals surface area (Å²) in [6, 6.07) is -2.04. The van der Waals surface area contributed by atoms with E-state index in [1.54, 1.807) is 4.90 Å². The average molecular weight is 494 g/mol. The summed E-state index contributed by atoms with van der Waals surface area (Å²) < 4.78 is 0. The summed E-state index contributed by atoms with van der Waals surface area (Å²) in [5.74, 6) is -1.53. The van der Waals surface area contributed by atoms with Gasteiger partial charge in [0.2, 0.25) is 23.6 Å². The van der Waals surface area contributed by atoms with Gasteiger partial charge in [0.05, 0.1) is 5.92 Å². The predicted molar refractivity (Wildman–Crippen MR) is 138 cm³/mol. The lowest BCUT2D eigenvalue weighted by Crippen LogP contribution is -2.57. The monoisotopic (exact) mass is 493 g/mol. The molecule has 0 aromatic carbocycles. The van der Waals surface area contributed by atoms with Crippen molar-refractivity contribution >= 4 is 23.6 Å². The Bertz CT molecular complexity index is 752. The van der Waals surface area contributed by atoms with Crippen LogP contribution in [0.15, 0.2) is 12.2 Å². The maximum absolute atomic E-state index is 13.2. The van der Waals surface area contributed by atoms with Crippen LogP contribution in [0.5, 0.6) is 0 Å². The Morgan fingerprint density at radius 1 is 1.06 bits per heavy atom. The first-order valence-electron chi connectivity index (χ1n) is 13.0. The van der Waals surface area contributed by atoms with Crippen LogP contribution in [-0.4, -0.2) is 66.3 Å². The molecule has 0 radical (unpaired) electrons. The van der Waals surface area contributed by atoms with Gasteiger partial charge in [-0.25, -0.2) is 0 Å². The Labute approximate surface area is 211 Å². The van der Waals surface area contributed by atoms with Gasteiger partial charge in [0.15, 0.2) is 0 Å². The molecule has 0 aliphatic carbocycles. The van der Waals surface area contributed by atoms with Gasteiger partial charge in [0.1, 0.15) is 18.1 Å². The number of primary amides is 1. The van der Waals surface area contributed by atoms with E-state index in [1.165, 1.54) is 0 Å². The number of rotatable bonds is 14. The molecule has 5 atom stereocenters. The number of nitrogens with zero attached hydrogens (tertiary/aromatic N) is 1. The number of carbonyl (C=O) groups is 4. The molecule has 0 aromatic rings. The third-order valence-corrected chi connectivity index (χ3v) is 6.44. The van der Waals surface area contributed by atoms with Crippen LogP contribution in [0.1, 0.15) is 73.6 Å². The molecule has 0 aromatic heterocycles. The Kier molecular flexibility index (Phi) is 13.0. The number of hydrogen-bond acceptors (Lipinski definition) is 5. The van der Waals surface area contributed by atoms with E-state index in [0.29, 0.717) is 31.7 Å². The maximum Gasteiger partial charge on any atom is 0.243 e. The smallest absolute Gasteiger partial charge is 0.243 e. The zero-order valence-corrected chi connectivity index (χ0v) is 22.6. The van der Waals surface area contributed by atoms with Gasteiger partial charge in [0, 0.05) is 12.6 Å². The first-order chi connectivity index (χ1) is 16.4. The molecule has 0 bridgehead atoms. The quantitative estimate of drug-likeness (QED) is 0.273. The lowest BCUT2D eigenvalue weighted by atomic mass is 10.0. The number of likely N-dealkylation sites (N-methyl/N-ethyl adjacent to an activating group) is 1. The molecule has 1 saturated heterocycles. The minimum atomic E-state index is -0.830. The first kappa shape index (κ1) is 30.6. The maximum atomic E-state index is 13.2. The van der Waals surface area contributed by atoms with Crippen molar-refractivity contribution in [3.63, 3.8) is 0 Å². The van der Waals surface area contributed by atoms with E-state index in [2.05, 4.69) is 29.8 Å². The highest BCUT2D eigenvalue weighted by Crippen LogP contribution is 2.21. The van der Waals surface area contributed by atoms with Gasteiger partial charge in [-0.1, -0.05) is 60.1 Å². The van der Waals surface area contributed by atoms with Gasteiger partial charge in [0.25, 0.3) is 0 Å². The van der Waals surface area contributed by atoms with E-state index in [4.69, 9.17) is 5.73 Å². The van der Waals surface area contributed by atoms with E-state index >= 15 is 0 Å². The summed E-state index contributed by atoms with van der Waals surface area (Å²) in [6.45, 7) is 12.2. The van der Waals surface area contributed by atoms with Crippen molar-refractivity contribution in [1.29, 1.82) is 0 Å². The Morgan fingerprint density at radius 2 is 1.71 bits per heavy atom. The largest absolute Gasteiger partial charge is 0.368 e. The molecule has 200 valence electrons. The SMILES string of the molecule is CCC[C@H](NC(=O)[C@@H](NC(=O)C1CCCN1C(=O)[C@@H](C)/C=C/[C@H](CC(C)C)NC)C(C)C)C(N)=O. The minimum absolute atomic E-state index is 0.0967. The summed E-state index contributed by atoms with van der Waals surface area (Å²) in [6.07, 6.45) is 7.29. The van der Waals surface area contributed by atoms with Crippen LogP contribution in [0.25, 0.3) is 0 Å². The van der Waals surface area contributed by atoms with Crippen molar-refractivity contribution in [2.24, 2.45) is 23.5 Å². The summed E-state index contributed by atoms with van der Waals surface area (Å²) in [4.78, 5) is 52.5. The third-order valence-electron chi connectivity index (χ3n) is 6.44. The van der Waals surface area contributed by atoms with Crippen LogP contribution in [0.3, 0.4) is 0 Å². The molecule has 1 aliphatic heterocycles. The van der Waals surface area contributed by atoms with Gasteiger partial charge in [-0.05, 0) is 44.6 Å². The molecule has 0 saturated carbocycles. The topological polar surface area (TPSA) is 134 Å². The zero-order valence-electron chi connectivity index (χ0n) is 22.6. The minimum Gasteiger partial charge on any atom is -0.368 e. The van der Waals surface area contributed by atoms with Crippen molar-refractivity contribution < 1.29 is 19.2 Å². The second kappa shape index (κ2) is 14.9. The van der Waals surface area contributed by atoms with Gasteiger partial charge in [-0.3, -0.25) is 19.2 Å². The highest BCUT2D eigenvalue weighted by molar-refractivity contribution is 5.94. The molecular formula is C26H47N5O4. The summed E-state index contributed by atoms with van der Waals surface area (Å²) >= 11 is 0. The second-order valence-electron chi connectivity index (χ2n) is 10.4. The third kappa shape index (κ3) is 9.63. The number of carbonyl (C=O) groups excluding carboxylic acids is 4. The Morgan fingerprint density at radius 3 is 2.23 bits per heavy atom. The normalized spacial score (nSPS) is 19.6. The molecule has 1 unspecified atom stereocenters. The average Bonchev–Trinajstić information content (AvgIpc) is 3.28. The predicted octanol–water partition coefficient (Wildman–Crippen LogP) is 1.71. The summed E-state index contributed by atoms with van der Waals surface area (Å²) in [5, 5.41) is 8.75. The van der Waals surface area contributed by atoms with Crippen LogP contribution in [0.2, 0.25) is 0 Å². The molecule has 0 spiro atoms. The van der Waals surface area contributed by atoms with E-state index in [9.17, 15) is 19.2 Å². The van der Waals surface area contributed by atoms with Crippen molar-refractivity contribution in [1.82, 2.24) is 20.9 Å². The van der Waals surface area contributed by atoms with Gasteiger partial charge in [-0.2, -0.15) is 0 Å². The lowest BCUT2D eigenvalue weighted by molar-refractivity contribution is -0.141. The second-order valence-corrected chi connectivity index (χ2v) is 10.4. The molecule has 1 fully saturated rings. The van der Waals surface area contributed by atoms with E-state index in [-0.39, 0.29) is 29.7 Å². The number of hydrogen-bond donors (Lipinski definition) is 4. The zero-order chi connectivity index (χ0) is 26.7. The van der Waals surface area contributed by atoms with Crippen LogP contribution in [0, 0.1) is 17.8 Å². The molecule has 1 aliphatic rings. The van der Waals surface area contributed by atoms with Gasteiger partial charge < -0.3 is 26.6 Å². The van der Waals surface area contributed by atoms with Crippen LogP contribution in [-0.2, 0) is 19.2 Å². The number of nitrogens with one attached hydrogen (secondary N) is 3. The van der Waals surface area contributed by atoms with Crippen molar-refractivity contribution in [2.75, 3.05) is 13.6 Å². The highest BCUT2D eigenvalue weighted by Gasteiger charge is 2.37. The first-order valence-corrected chi connectivity index (χ1v) is 13.0. The van der Waals surface area contributed by atoms with Crippen molar-refractivity contribution in [3.05, 3.63) is 12.2 Å². The van der Waals surface area contributed by atoms with E-state index in [0.717, 1.165) is 12.8 Å². The van der Waals surface area contributed by atoms with Crippen molar-refractivity contribution in [3.8, 4) is 0 Å². The van der Waals surface area contributed by atoms with Gasteiger partial charge >= 0.3 is 0 Å². The fourth-order valence-corrected chi connectivity index (χ4v) is 4.37. The molecule has 9 nitrogen and oxygen atoms in total. The number of likely N-dealkylation sites (tertiary alicyclic amines) is 1. The van der Waals surface area contributed by atoms with E-state index < -0.39 is 29.9 Å². The Balaban J connectivity index is 2.87. The fraction of sp³-hybridized carbons (Fsp3) is 0.769. The molecular weight excluding hydrogens is 446 g/mol. The molecule has 9 heteroatoms. The molecule has 1 rings (SSSR count). The number of amides is 4. The van der Waals surface area contributed by atoms with Crippen molar-refractivity contribution in [2.45, 2.75) is 97.8 Å². The van der Waals surface area contributed by atoms with Crippen LogP contribution >= 0.6 is 0 Å². The van der Waals surface area contributed by atoms with E-state index in [1.807, 2.05) is 46.9 Å².